The predicted molar refractivity (Wildman–Crippen MR) is 71.5 cm³/mol. The lowest BCUT2D eigenvalue weighted by Gasteiger charge is -2.13. The van der Waals surface area contributed by atoms with Crippen LogP contribution in [0.3, 0.4) is 0 Å². The Balaban J connectivity index is 1.95. The molecule has 0 aliphatic heterocycles. The molecule has 0 saturated heterocycles. The zero-order valence-corrected chi connectivity index (χ0v) is 11.1. The molecule has 0 fully saturated rings. The second-order valence-corrected chi connectivity index (χ2v) is 4.92. The number of guanidine groups is 1. The SMILES string of the molecule is CN=C(NCc1cn2ccsc2n1)NC(C)C. The van der Waals surface area contributed by atoms with Crippen LogP contribution in [0.15, 0.2) is 22.8 Å². The average Bonchev–Trinajstić information content (AvgIpc) is 2.83. The molecular weight excluding hydrogens is 234 g/mol. The van der Waals surface area contributed by atoms with Crippen molar-refractivity contribution < 1.29 is 0 Å². The van der Waals surface area contributed by atoms with Crippen molar-refractivity contribution in [3.05, 3.63) is 23.5 Å². The van der Waals surface area contributed by atoms with Gasteiger partial charge in [0.2, 0.25) is 0 Å². The van der Waals surface area contributed by atoms with Gasteiger partial charge in [-0.2, -0.15) is 0 Å². The summed E-state index contributed by atoms with van der Waals surface area (Å²) < 4.78 is 2.03. The number of thiazole rings is 1. The summed E-state index contributed by atoms with van der Waals surface area (Å²) in [5, 5.41) is 8.50. The second-order valence-electron chi connectivity index (χ2n) is 4.05. The van der Waals surface area contributed by atoms with Gasteiger partial charge in [-0.1, -0.05) is 0 Å². The Morgan fingerprint density at radius 3 is 3.06 bits per heavy atom. The van der Waals surface area contributed by atoms with Crippen molar-refractivity contribution in [2.45, 2.75) is 26.4 Å². The second kappa shape index (κ2) is 5.18. The maximum Gasteiger partial charge on any atom is 0.193 e. The van der Waals surface area contributed by atoms with E-state index in [1.165, 1.54) is 0 Å². The van der Waals surface area contributed by atoms with Crippen LogP contribution in [0.5, 0.6) is 0 Å². The summed E-state index contributed by atoms with van der Waals surface area (Å²) in [6.07, 6.45) is 4.04. The topological polar surface area (TPSA) is 53.7 Å². The molecule has 0 spiro atoms. The zero-order chi connectivity index (χ0) is 12.3. The minimum Gasteiger partial charge on any atom is -0.354 e. The van der Waals surface area contributed by atoms with Crippen molar-refractivity contribution in [3.63, 3.8) is 0 Å². The van der Waals surface area contributed by atoms with Crippen molar-refractivity contribution in [3.8, 4) is 0 Å². The van der Waals surface area contributed by atoms with Crippen molar-refractivity contribution in [2.24, 2.45) is 4.99 Å². The van der Waals surface area contributed by atoms with Crippen LogP contribution < -0.4 is 10.6 Å². The Morgan fingerprint density at radius 2 is 2.41 bits per heavy atom. The average molecular weight is 251 g/mol. The van der Waals surface area contributed by atoms with E-state index in [4.69, 9.17) is 0 Å². The molecule has 0 bridgehead atoms. The van der Waals surface area contributed by atoms with Crippen LogP contribution in [-0.4, -0.2) is 28.4 Å². The standard InChI is InChI=1S/C11H17N5S/c1-8(2)14-10(12-3)13-6-9-7-16-4-5-17-11(16)15-9/h4-5,7-8H,6H2,1-3H3,(H2,12,13,14). The van der Waals surface area contributed by atoms with Gasteiger partial charge in [-0.05, 0) is 13.8 Å². The summed E-state index contributed by atoms with van der Waals surface area (Å²) >= 11 is 1.64. The molecule has 0 aromatic carbocycles. The summed E-state index contributed by atoms with van der Waals surface area (Å²) in [5.74, 6) is 0.802. The van der Waals surface area contributed by atoms with E-state index in [0.717, 1.165) is 16.6 Å². The van der Waals surface area contributed by atoms with E-state index in [9.17, 15) is 0 Å². The molecule has 2 N–H and O–H groups in total. The fourth-order valence-corrected chi connectivity index (χ4v) is 2.22. The van der Waals surface area contributed by atoms with Gasteiger partial charge in [-0.25, -0.2) is 4.98 Å². The summed E-state index contributed by atoms with van der Waals surface area (Å²) in [6.45, 7) is 4.85. The molecule has 6 heteroatoms. The van der Waals surface area contributed by atoms with Gasteiger partial charge in [0.1, 0.15) is 0 Å². The number of hydrogen-bond donors (Lipinski definition) is 2. The highest BCUT2D eigenvalue weighted by molar-refractivity contribution is 7.15. The molecule has 2 heterocycles. The number of imidazole rings is 1. The summed E-state index contributed by atoms with van der Waals surface area (Å²) in [5.41, 5.74) is 1.02. The van der Waals surface area contributed by atoms with Gasteiger partial charge in [-0.15, -0.1) is 11.3 Å². The molecule has 2 aromatic rings. The summed E-state index contributed by atoms with van der Waals surface area (Å²) in [7, 11) is 1.77. The molecule has 0 amide bonds. The van der Waals surface area contributed by atoms with Crippen molar-refractivity contribution >= 4 is 22.3 Å². The molecule has 17 heavy (non-hydrogen) atoms. The number of nitrogens with one attached hydrogen (secondary N) is 2. The predicted octanol–water partition coefficient (Wildman–Crippen LogP) is 1.47. The first kappa shape index (κ1) is 11.9. The van der Waals surface area contributed by atoms with Crippen LogP contribution in [0, 0.1) is 0 Å². The molecular formula is C11H17N5S. The molecule has 2 rings (SSSR count). The molecule has 92 valence electrons. The quantitative estimate of drug-likeness (QED) is 0.641. The Labute approximate surface area is 105 Å². The molecule has 0 unspecified atom stereocenters. The minimum absolute atomic E-state index is 0.367. The van der Waals surface area contributed by atoms with Gasteiger partial charge >= 0.3 is 0 Å². The molecule has 0 radical (unpaired) electrons. The molecule has 2 aromatic heterocycles. The third-order valence-electron chi connectivity index (χ3n) is 2.23. The number of hydrogen-bond acceptors (Lipinski definition) is 3. The molecule has 0 aliphatic carbocycles. The number of rotatable bonds is 3. The lowest BCUT2D eigenvalue weighted by molar-refractivity contribution is 0.697. The maximum absolute atomic E-state index is 4.49. The number of aliphatic imine (C=N–C) groups is 1. The third kappa shape index (κ3) is 2.97. The van der Waals surface area contributed by atoms with Crippen LogP contribution in [0.4, 0.5) is 0 Å². The lowest BCUT2D eigenvalue weighted by Crippen LogP contribution is -2.40. The fraction of sp³-hybridized carbons (Fsp3) is 0.455. The van der Waals surface area contributed by atoms with Crippen LogP contribution in [0.2, 0.25) is 0 Å². The van der Waals surface area contributed by atoms with Gasteiger partial charge in [0.15, 0.2) is 10.9 Å². The van der Waals surface area contributed by atoms with Gasteiger partial charge in [-0.3, -0.25) is 9.39 Å². The molecule has 5 nitrogen and oxygen atoms in total. The van der Waals surface area contributed by atoms with Gasteiger partial charge < -0.3 is 10.6 Å². The van der Waals surface area contributed by atoms with E-state index in [1.54, 1.807) is 18.4 Å². The number of aromatic nitrogens is 2. The van der Waals surface area contributed by atoms with Crippen LogP contribution in [0.25, 0.3) is 4.96 Å². The Kier molecular flexibility index (Phi) is 3.63. The van der Waals surface area contributed by atoms with Crippen LogP contribution in [-0.2, 0) is 6.54 Å². The molecule has 0 atom stereocenters. The van der Waals surface area contributed by atoms with Crippen molar-refractivity contribution in [2.75, 3.05) is 7.05 Å². The van der Waals surface area contributed by atoms with E-state index in [2.05, 4.69) is 34.5 Å². The monoisotopic (exact) mass is 251 g/mol. The first-order valence-corrected chi connectivity index (χ1v) is 6.45. The third-order valence-corrected chi connectivity index (χ3v) is 3.00. The zero-order valence-electron chi connectivity index (χ0n) is 10.3. The minimum atomic E-state index is 0.367. The summed E-state index contributed by atoms with van der Waals surface area (Å²) in [4.78, 5) is 9.66. The highest BCUT2D eigenvalue weighted by Gasteiger charge is 2.04. The Morgan fingerprint density at radius 1 is 1.59 bits per heavy atom. The highest BCUT2D eigenvalue weighted by Crippen LogP contribution is 2.10. The van der Waals surface area contributed by atoms with Gasteiger partial charge in [0.05, 0.1) is 12.2 Å². The summed E-state index contributed by atoms with van der Waals surface area (Å²) in [6, 6.07) is 0.367. The highest BCUT2D eigenvalue weighted by atomic mass is 32.1. The van der Waals surface area contributed by atoms with E-state index >= 15 is 0 Å². The van der Waals surface area contributed by atoms with E-state index in [-0.39, 0.29) is 0 Å². The number of nitrogens with zero attached hydrogens (tertiary/aromatic N) is 3. The Bertz CT molecular complexity index is 482. The Hall–Kier alpha value is -1.56. The molecule has 0 saturated carbocycles. The first-order valence-electron chi connectivity index (χ1n) is 5.57. The lowest BCUT2D eigenvalue weighted by atomic mass is 10.4. The van der Waals surface area contributed by atoms with Crippen molar-refractivity contribution in [1.82, 2.24) is 20.0 Å². The number of fused-ring (bicyclic) bond motifs is 1. The van der Waals surface area contributed by atoms with Crippen molar-refractivity contribution in [1.29, 1.82) is 0 Å². The maximum atomic E-state index is 4.49. The first-order chi connectivity index (χ1) is 8.19. The van der Waals surface area contributed by atoms with Crippen LogP contribution >= 0.6 is 11.3 Å². The van der Waals surface area contributed by atoms with Gasteiger partial charge in [0, 0.05) is 30.9 Å². The largest absolute Gasteiger partial charge is 0.354 e. The van der Waals surface area contributed by atoms with E-state index in [0.29, 0.717) is 12.6 Å². The smallest absolute Gasteiger partial charge is 0.193 e. The normalized spacial score (nSPS) is 12.4. The van der Waals surface area contributed by atoms with E-state index in [1.807, 2.05) is 22.2 Å². The van der Waals surface area contributed by atoms with Crippen LogP contribution in [0.1, 0.15) is 19.5 Å². The van der Waals surface area contributed by atoms with Gasteiger partial charge in [0.25, 0.3) is 0 Å². The molecule has 0 aliphatic rings. The fourth-order valence-electron chi connectivity index (χ4n) is 1.50. The van der Waals surface area contributed by atoms with E-state index < -0.39 is 0 Å².